The first-order valence-corrected chi connectivity index (χ1v) is 12.3. The number of primary amides is 1. The number of pyridine rings is 1. The molecule has 0 bridgehead atoms. The molecule has 4 rings (SSSR count). The maximum Gasteiger partial charge on any atom is 0.342 e. The zero-order chi connectivity index (χ0) is 30.7. The van der Waals surface area contributed by atoms with Gasteiger partial charge in [0.15, 0.2) is 0 Å². The summed E-state index contributed by atoms with van der Waals surface area (Å²) in [4.78, 5) is 37.2. The predicted octanol–water partition coefficient (Wildman–Crippen LogP) is 3.68. The summed E-state index contributed by atoms with van der Waals surface area (Å²) in [6.07, 6.45) is 1.70. The fourth-order valence-electron chi connectivity index (χ4n) is 3.95. The lowest BCUT2D eigenvalue weighted by Gasteiger charge is -2.19. The van der Waals surface area contributed by atoms with E-state index >= 15 is 0 Å². The zero-order valence-corrected chi connectivity index (χ0v) is 22.6. The third-order valence-electron chi connectivity index (χ3n) is 6.05. The van der Waals surface area contributed by atoms with Crippen LogP contribution in [0.1, 0.15) is 35.2 Å². The Hall–Kier alpha value is -4.23. The molecule has 1 saturated heterocycles. The fourth-order valence-corrected chi connectivity index (χ4v) is 3.95. The van der Waals surface area contributed by atoms with Crippen LogP contribution in [0.25, 0.3) is 0 Å². The van der Waals surface area contributed by atoms with Gasteiger partial charge in [0, 0.05) is 43.8 Å². The van der Waals surface area contributed by atoms with E-state index in [-0.39, 0.29) is 42.3 Å². The average molecular weight is 582 g/mol. The molecule has 1 aliphatic rings. The van der Waals surface area contributed by atoms with Gasteiger partial charge in [-0.05, 0) is 55.0 Å². The van der Waals surface area contributed by atoms with Crippen molar-refractivity contribution in [2.75, 3.05) is 25.7 Å². The number of amides is 2. The van der Waals surface area contributed by atoms with E-state index in [1.54, 1.807) is 37.6 Å². The summed E-state index contributed by atoms with van der Waals surface area (Å²) in [5, 5.41) is 6.72. The number of anilines is 1. The van der Waals surface area contributed by atoms with Gasteiger partial charge < -0.3 is 29.8 Å². The molecule has 0 saturated carbocycles. The number of nitrogens with two attached hydrogens (primary N) is 1. The minimum absolute atomic E-state index is 0.131. The summed E-state index contributed by atoms with van der Waals surface area (Å²) in [5.41, 5.74) is 5.73. The molecule has 9 nitrogen and oxygen atoms in total. The molecule has 0 spiro atoms. The number of carbonyl (C=O) groups excluding carboxylic acids is 2. The van der Waals surface area contributed by atoms with Crippen molar-refractivity contribution in [3.05, 3.63) is 93.9 Å². The van der Waals surface area contributed by atoms with E-state index in [4.69, 9.17) is 20.3 Å². The summed E-state index contributed by atoms with van der Waals surface area (Å²) in [7, 11) is 3.05. The Morgan fingerprint density at radius 1 is 1.10 bits per heavy atom. The number of nitrogens with zero attached hydrogens (tertiary/aromatic N) is 2. The van der Waals surface area contributed by atoms with Gasteiger partial charge in [-0.15, -0.1) is 0 Å². The van der Waals surface area contributed by atoms with Crippen LogP contribution >= 0.6 is 0 Å². The zero-order valence-electron chi connectivity index (χ0n) is 22.6. The number of aromatic nitrogens is 1. The molecule has 2 amide bonds. The number of hydrogen-bond donors (Lipinski definition) is 2. The van der Waals surface area contributed by atoms with Gasteiger partial charge in [0.05, 0.1) is 19.8 Å². The summed E-state index contributed by atoms with van der Waals surface area (Å²) in [6, 6.07) is 13.1. The van der Waals surface area contributed by atoms with Crippen molar-refractivity contribution in [1.82, 2.24) is 4.57 Å². The highest BCUT2D eigenvalue weighted by Gasteiger charge is 2.34. The molecule has 222 valence electrons. The highest BCUT2D eigenvalue weighted by molar-refractivity contribution is 5.96. The van der Waals surface area contributed by atoms with E-state index in [9.17, 15) is 31.9 Å². The van der Waals surface area contributed by atoms with Gasteiger partial charge in [-0.1, -0.05) is 6.07 Å². The van der Waals surface area contributed by atoms with Crippen LogP contribution in [0.3, 0.4) is 0 Å². The van der Waals surface area contributed by atoms with E-state index in [1.165, 1.54) is 46.9 Å². The van der Waals surface area contributed by atoms with E-state index in [2.05, 4.69) is 0 Å². The number of ether oxygens (including phenoxy) is 2. The van der Waals surface area contributed by atoms with Crippen molar-refractivity contribution >= 4 is 17.5 Å². The Morgan fingerprint density at radius 3 is 2.27 bits per heavy atom. The quantitative estimate of drug-likeness (QED) is 0.411. The largest absolute Gasteiger partial charge is 0.497 e. The molecule has 13 heteroatoms. The minimum Gasteiger partial charge on any atom is -0.497 e. The molecule has 1 fully saturated rings. The molecule has 0 aliphatic carbocycles. The summed E-state index contributed by atoms with van der Waals surface area (Å²) in [6.45, 7) is -0.647. The topological polar surface area (TPSA) is 124 Å². The second-order valence-corrected chi connectivity index (χ2v) is 8.84. The Kier molecular flexibility index (Phi) is 12.5. The fraction of sp³-hybridized carbons (Fsp3) is 0.321. The van der Waals surface area contributed by atoms with Crippen molar-refractivity contribution in [1.29, 1.82) is 0 Å². The molecular weight excluding hydrogens is 550 g/mol. The van der Waals surface area contributed by atoms with Gasteiger partial charge in [-0.25, -0.2) is 8.78 Å². The summed E-state index contributed by atoms with van der Waals surface area (Å²) >= 11 is 0. The maximum absolute atomic E-state index is 14.4. The van der Waals surface area contributed by atoms with Gasteiger partial charge in [0.1, 0.15) is 23.1 Å². The molecule has 2 unspecified atom stereocenters. The molecule has 1 aliphatic heterocycles. The van der Waals surface area contributed by atoms with E-state index in [1.807, 2.05) is 6.92 Å². The maximum atomic E-state index is 14.4. The van der Waals surface area contributed by atoms with E-state index < -0.39 is 18.3 Å². The molecule has 2 atom stereocenters. The lowest BCUT2D eigenvalue weighted by molar-refractivity contribution is -0.117. The summed E-state index contributed by atoms with van der Waals surface area (Å²) < 4.78 is 58.1. The van der Waals surface area contributed by atoms with Crippen LogP contribution in [0.15, 0.2) is 65.6 Å². The number of rotatable bonds is 7. The van der Waals surface area contributed by atoms with Crippen LogP contribution in [0.2, 0.25) is 0 Å². The highest BCUT2D eigenvalue weighted by atomic mass is 19.3. The molecule has 41 heavy (non-hydrogen) atoms. The number of alkyl halides is 2. The van der Waals surface area contributed by atoms with E-state index in [0.717, 1.165) is 0 Å². The van der Waals surface area contributed by atoms with Gasteiger partial charge in [-0.2, -0.15) is 8.78 Å². The molecule has 3 aromatic rings. The third kappa shape index (κ3) is 9.72. The lowest BCUT2D eigenvalue weighted by Crippen LogP contribution is -2.34. The Balaban J connectivity index is 0.000000347. The number of aliphatic hydroxyl groups is 1. The van der Waals surface area contributed by atoms with Gasteiger partial charge in [0.25, 0.3) is 5.56 Å². The molecule has 0 radical (unpaired) electrons. The number of aliphatic hydroxyl groups excluding tert-OH is 1. The first-order valence-electron chi connectivity index (χ1n) is 12.3. The molecule has 1 aromatic heterocycles. The number of hydrogen-bond acceptors (Lipinski definition) is 6. The van der Waals surface area contributed by atoms with Gasteiger partial charge in [0.2, 0.25) is 11.8 Å². The lowest BCUT2D eigenvalue weighted by atomic mass is 9.97. The standard InChI is InChI=1S/C20H23FN2O4.C7H6FNO.CH2F2O/c1-13(26-2)11-22-8-4-5-18(20(22)25)23-12-14(9-19(23)24)16-7-6-15(27-3)10-17(16)21;8-6-3-1-5(2-4-6)7(9)10;2-1(3)4/h4-8,10,13-14H,9,11-12H2,1-3H3;1-4H,(H2,9,10);1,4H. The highest BCUT2D eigenvalue weighted by Crippen LogP contribution is 2.33. The van der Waals surface area contributed by atoms with E-state index in [0.29, 0.717) is 29.1 Å². The first kappa shape index (κ1) is 33.0. The van der Waals surface area contributed by atoms with Gasteiger partial charge in [-0.3, -0.25) is 14.4 Å². The normalized spacial score (nSPS) is 15.0. The number of carbonyl (C=O) groups is 2. The third-order valence-corrected chi connectivity index (χ3v) is 6.05. The van der Waals surface area contributed by atoms with Crippen LogP contribution in [0, 0.1) is 11.6 Å². The van der Waals surface area contributed by atoms with Crippen molar-refractivity contribution < 1.29 is 41.7 Å². The van der Waals surface area contributed by atoms with Crippen molar-refractivity contribution in [2.24, 2.45) is 5.73 Å². The number of halogens is 4. The van der Waals surface area contributed by atoms with Crippen LogP contribution < -0.4 is 20.9 Å². The second kappa shape index (κ2) is 15.5. The Labute approximate surface area is 233 Å². The van der Waals surface area contributed by atoms with Crippen molar-refractivity contribution in [2.45, 2.75) is 38.5 Å². The second-order valence-electron chi connectivity index (χ2n) is 8.84. The predicted molar refractivity (Wildman–Crippen MR) is 143 cm³/mol. The first-order chi connectivity index (χ1) is 19.4. The minimum atomic E-state index is -3.17. The van der Waals surface area contributed by atoms with Crippen LogP contribution in [-0.2, 0) is 16.1 Å². The van der Waals surface area contributed by atoms with Gasteiger partial charge >= 0.3 is 6.61 Å². The number of methoxy groups -OCH3 is 2. The SMILES string of the molecule is COc1ccc(C2CC(=O)N(c3cccn(CC(C)OC)c3=O)C2)c(F)c1.NC(=O)c1ccc(F)cc1.OC(F)F. The number of benzene rings is 2. The molecule has 3 N–H and O–H groups in total. The average Bonchev–Trinajstić information content (AvgIpc) is 3.30. The van der Waals surface area contributed by atoms with Crippen LogP contribution in [-0.4, -0.2) is 55.0 Å². The molecule has 2 heterocycles. The smallest absolute Gasteiger partial charge is 0.342 e. The molecular formula is C28H31F4N3O6. The Bertz CT molecular complexity index is 1360. The molecule has 2 aromatic carbocycles. The Morgan fingerprint density at radius 2 is 1.73 bits per heavy atom. The van der Waals surface area contributed by atoms with Crippen molar-refractivity contribution in [3.63, 3.8) is 0 Å². The monoisotopic (exact) mass is 581 g/mol. The van der Waals surface area contributed by atoms with Crippen molar-refractivity contribution in [3.8, 4) is 5.75 Å². The van der Waals surface area contributed by atoms with Crippen LogP contribution in [0.4, 0.5) is 23.2 Å². The van der Waals surface area contributed by atoms with Crippen LogP contribution in [0.5, 0.6) is 5.75 Å². The summed E-state index contributed by atoms with van der Waals surface area (Å²) in [5.74, 6) is -1.40.